The number of rotatable bonds is 5. The van der Waals surface area contributed by atoms with Crippen LogP contribution in [0, 0.1) is 12.7 Å². The predicted molar refractivity (Wildman–Crippen MR) is 100 cm³/mol. The Morgan fingerprint density at radius 2 is 1.96 bits per heavy atom. The fourth-order valence-corrected chi connectivity index (χ4v) is 2.50. The summed E-state index contributed by atoms with van der Waals surface area (Å²) in [5.41, 5.74) is 0.397. The molecular weight excluding hydrogens is 421 g/mol. The fraction of sp³-hybridized carbons (Fsp3) is 0.333. The first-order valence-corrected chi connectivity index (χ1v) is 8.77. The molecule has 1 aromatic heterocycles. The Morgan fingerprint density at radius 1 is 1.33 bits per heavy atom. The molecule has 1 heterocycles. The molecule has 0 unspecified atom stereocenters. The van der Waals surface area contributed by atoms with E-state index in [1.807, 2.05) is 0 Å². The summed E-state index contributed by atoms with van der Waals surface area (Å²) in [5.74, 6) is -0.223. The zero-order valence-corrected chi connectivity index (χ0v) is 16.9. The van der Waals surface area contributed by atoms with E-state index in [-0.39, 0.29) is 33.9 Å². The van der Waals surface area contributed by atoms with Crippen LogP contribution in [0.2, 0.25) is 0 Å². The molecule has 0 aliphatic heterocycles. The molecule has 7 nitrogen and oxygen atoms in total. The Morgan fingerprint density at radius 3 is 2.52 bits per heavy atom. The minimum atomic E-state index is -0.658. The number of halogens is 2. The van der Waals surface area contributed by atoms with E-state index < -0.39 is 17.5 Å². The van der Waals surface area contributed by atoms with Gasteiger partial charge in [-0.1, -0.05) is 0 Å². The highest BCUT2D eigenvalue weighted by Gasteiger charge is 2.17. The molecule has 2 rings (SSSR count). The molecular formula is C18H19BrFN3O4. The van der Waals surface area contributed by atoms with Crippen molar-refractivity contribution in [2.45, 2.75) is 39.9 Å². The van der Waals surface area contributed by atoms with Crippen molar-refractivity contribution in [3.63, 3.8) is 0 Å². The van der Waals surface area contributed by atoms with Gasteiger partial charge in [-0.3, -0.25) is 10.1 Å². The first kappa shape index (κ1) is 20.8. The maximum Gasteiger partial charge on any atom is 0.414 e. The molecule has 1 aromatic carbocycles. The third-order valence-electron chi connectivity index (χ3n) is 3.27. The maximum atomic E-state index is 14.1. The lowest BCUT2D eigenvalue weighted by atomic mass is 10.1. The molecule has 0 saturated carbocycles. The zero-order chi connectivity index (χ0) is 20.2. The van der Waals surface area contributed by atoms with Gasteiger partial charge in [0, 0.05) is 29.1 Å². The highest BCUT2D eigenvalue weighted by Crippen LogP contribution is 2.30. The van der Waals surface area contributed by atoms with Crippen molar-refractivity contribution in [1.82, 2.24) is 9.97 Å². The van der Waals surface area contributed by atoms with Crippen molar-refractivity contribution < 1.29 is 23.5 Å². The van der Waals surface area contributed by atoms with Crippen molar-refractivity contribution >= 4 is 34.3 Å². The third-order valence-corrected chi connectivity index (χ3v) is 4.08. The molecule has 0 fully saturated rings. The molecule has 0 saturated heterocycles. The van der Waals surface area contributed by atoms with Crippen LogP contribution in [-0.4, -0.2) is 27.9 Å². The second kappa shape index (κ2) is 8.43. The van der Waals surface area contributed by atoms with E-state index in [0.717, 1.165) is 0 Å². The van der Waals surface area contributed by atoms with Crippen LogP contribution in [0.5, 0.6) is 5.75 Å². The predicted octanol–water partition coefficient (Wildman–Crippen LogP) is 4.43. The number of benzene rings is 1. The first-order valence-electron chi connectivity index (χ1n) is 7.98. The van der Waals surface area contributed by atoms with Crippen molar-refractivity contribution in [2.24, 2.45) is 0 Å². The topological polar surface area (TPSA) is 90.4 Å². The lowest BCUT2D eigenvalue weighted by molar-refractivity contribution is 0.0634. The molecule has 0 spiro atoms. The molecule has 0 radical (unpaired) electrons. The van der Waals surface area contributed by atoms with Gasteiger partial charge in [0.05, 0.1) is 4.47 Å². The Balaban J connectivity index is 2.03. The van der Waals surface area contributed by atoms with Crippen LogP contribution in [-0.2, 0) is 11.3 Å². The number of carbonyl (C=O) groups is 2. The number of nitrogens with one attached hydrogen (secondary N) is 1. The van der Waals surface area contributed by atoms with Crippen LogP contribution >= 0.6 is 15.9 Å². The second-order valence-electron chi connectivity index (χ2n) is 6.67. The molecule has 1 N–H and O–H groups in total. The number of aromatic nitrogens is 2. The largest absolute Gasteiger partial charge is 0.488 e. The van der Waals surface area contributed by atoms with Gasteiger partial charge in [-0.05, 0) is 49.7 Å². The summed E-state index contributed by atoms with van der Waals surface area (Å²) >= 11 is 3.04. The van der Waals surface area contributed by atoms with Crippen LogP contribution in [0.3, 0.4) is 0 Å². The SMILES string of the molecule is Cc1c(OCc2cnc(NC(=O)OC(C)(C)C)nc2)cc(C=O)c(Br)c1F. The van der Waals surface area contributed by atoms with E-state index in [1.54, 1.807) is 27.7 Å². The van der Waals surface area contributed by atoms with Crippen LogP contribution in [0.25, 0.3) is 0 Å². The van der Waals surface area contributed by atoms with Gasteiger partial charge in [-0.2, -0.15) is 0 Å². The van der Waals surface area contributed by atoms with Crippen LogP contribution in [0.15, 0.2) is 22.9 Å². The van der Waals surface area contributed by atoms with Gasteiger partial charge in [0.15, 0.2) is 6.29 Å². The molecule has 0 aliphatic rings. The number of nitrogens with zero attached hydrogens (tertiary/aromatic N) is 2. The van der Waals surface area contributed by atoms with E-state index in [4.69, 9.17) is 9.47 Å². The summed E-state index contributed by atoms with van der Waals surface area (Å²) in [4.78, 5) is 30.7. The van der Waals surface area contributed by atoms with Crippen molar-refractivity contribution in [2.75, 3.05) is 5.32 Å². The molecule has 0 atom stereocenters. The van der Waals surface area contributed by atoms with Crippen LogP contribution in [0.4, 0.5) is 15.1 Å². The van der Waals surface area contributed by atoms with Gasteiger partial charge in [-0.15, -0.1) is 0 Å². The Hall–Kier alpha value is -2.55. The summed E-state index contributed by atoms with van der Waals surface area (Å²) in [6.45, 7) is 6.85. The van der Waals surface area contributed by atoms with E-state index >= 15 is 0 Å². The smallest absolute Gasteiger partial charge is 0.414 e. The molecule has 0 bridgehead atoms. The highest BCUT2D eigenvalue weighted by molar-refractivity contribution is 9.10. The van der Waals surface area contributed by atoms with E-state index in [0.29, 0.717) is 11.8 Å². The fourth-order valence-electron chi connectivity index (χ4n) is 2.00. The Kier molecular flexibility index (Phi) is 6.48. The van der Waals surface area contributed by atoms with Gasteiger partial charge < -0.3 is 9.47 Å². The van der Waals surface area contributed by atoms with Crippen molar-refractivity contribution in [3.8, 4) is 5.75 Å². The first-order chi connectivity index (χ1) is 12.6. The third kappa shape index (κ3) is 5.72. The van der Waals surface area contributed by atoms with E-state index in [2.05, 4.69) is 31.2 Å². The molecule has 1 amide bonds. The minimum absolute atomic E-state index is 0.0624. The van der Waals surface area contributed by atoms with Crippen LogP contribution in [0.1, 0.15) is 42.3 Å². The standard InChI is InChI=1S/C18H19BrFN3O4/c1-10-13(5-12(8-24)14(19)15(10)20)26-9-11-6-21-16(22-7-11)23-17(25)27-18(2,3)4/h5-8H,9H2,1-4H3,(H,21,22,23,25). The molecule has 27 heavy (non-hydrogen) atoms. The van der Waals surface area contributed by atoms with Crippen molar-refractivity contribution in [1.29, 1.82) is 0 Å². The maximum absolute atomic E-state index is 14.1. The summed E-state index contributed by atoms with van der Waals surface area (Å²) in [6.07, 6.45) is 2.81. The average Bonchev–Trinajstić information content (AvgIpc) is 2.59. The quantitative estimate of drug-likeness (QED) is 0.693. The number of amides is 1. The van der Waals surface area contributed by atoms with Gasteiger partial charge in [0.1, 0.15) is 23.8 Å². The van der Waals surface area contributed by atoms with Gasteiger partial charge >= 0.3 is 6.09 Å². The second-order valence-corrected chi connectivity index (χ2v) is 7.46. The number of anilines is 1. The summed E-state index contributed by atoms with van der Waals surface area (Å²) in [5, 5.41) is 2.42. The number of ether oxygens (including phenoxy) is 2. The van der Waals surface area contributed by atoms with Gasteiger partial charge in [0.2, 0.25) is 5.95 Å². The number of aldehydes is 1. The van der Waals surface area contributed by atoms with Crippen molar-refractivity contribution in [3.05, 3.63) is 45.4 Å². The minimum Gasteiger partial charge on any atom is -0.488 e. The zero-order valence-electron chi connectivity index (χ0n) is 15.3. The average molecular weight is 440 g/mol. The number of carbonyl (C=O) groups excluding carboxylic acids is 2. The van der Waals surface area contributed by atoms with Crippen LogP contribution < -0.4 is 10.1 Å². The lowest BCUT2D eigenvalue weighted by Gasteiger charge is -2.19. The lowest BCUT2D eigenvalue weighted by Crippen LogP contribution is -2.27. The summed E-state index contributed by atoms with van der Waals surface area (Å²) in [6, 6.07) is 1.45. The molecule has 0 aliphatic carbocycles. The Bertz CT molecular complexity index is 851. The number of hydrogen-bond acceptors (Lipinski definition) is 6. The Labute approximate surface area is 164 Å². The van der Waals surface area contributed by atoms with E-state index in [9.17, 15) is 14.0 Å². The molecule has 144 valence electrons. The normalized spacial score (nSPS) is 11.0. The monoisotopic (exact) mass is 439 g/mol. The number of hydrogen-bond donors (Lipinski definition) is 1. The highest BCUT2D eigenvalue weighted by atomic mass is 79.9. The summed E-state index contributed by atoms with van der Waals surface area (Å²) < 4.78 is 24.9. The molecule has 9 heteroatoms. The summed E-state index contributed by atoms with van der Waals surface area (Å²) in [7, 11) is 0. The molecule has 2 aromatic rings. The van der Waals surface area contributed by atoms with Gasteiger partial charge in [0.25, 0.3) is 0 Å². The van der Waals surface area contributed by atoms with Gasteiger partial charge in [-0.25, -0.2) is 19.2 Å². The van der Waals surface area contributed by atoms with E-state index in [1.165, 1.54) is 18.5 Å².